The second kappa shape index (κ2) is 14.2. The van der Waals surface area contributed by atoms with Gasteiger partial charge in [-0.15, -0.1) is 0 Å². The Morgan fingerprint density at radius 3 is 1.14 bits per heavy atom. The summed E-state index contributed by atoms with van der Waals surface area (Å²) in [5.41, 5.74) is 0. The van der Waals surface area contributed by atoms with Gasteiger partial charge in [0, 0.05) is 16.1 Å². The van der Waals surface area contributed by atoms with Gasteiger partial charge >= 0.3 is 35.6 Å². The molecule has 1 N–H and O–H groups in total. The molecular formula is C29H37Cl2OSi3Ti-. The van der Waals surface area contributed by atoms with Crippen LogP contribution in [0.2, 0.25) is 39.3 Å². The van der Waals surface area contributed by atoms with Gasteiger partial charge in [-0.25, -0.2) is 11.3 Å². The fourth-order valence-electron chi connectivity index (χ4n) is 3.91. The molecule has 0 heterocycles. The van der Waals surface area contributed by atoms with Crippen LogP contribution in [0.15, 0.2) is 109 Å². The first kappa shape index (κ1) is 31.1. The van der Waals surface area contributed by atoms with E-state index < -0.39 is 41.5 Å². The predicted molar refractivity (Wildman–Crippen MR) is 166 cm³/mol. The zero-order valence-corrected chi connectivity index (χ0v) is 28.2. The molecular weight excluding hydrogens is 567 g/mol. The molecule has 4 rings (SSSR count). The van der Waals surface area contributed by atoms with E-state index in [9.17, 15) is 4.80 Å². The Labute approximate surface area is 237 Å². The minimum atomic E-state index is -2.88. The first-order chi connectivity index (χ1) is 16.9. The van der Waals surface area contributed by atoms with E-state index in [2.05, 4.69) is 57.5 Å². The summed E-state index contributed by atoms with van der Waals surface area (Å²) in [6, 6.07) is 37.1. The second-order valence-electron chi connectivity index (χ2n) is 10.8. The first-order valence-electron chi connectivity index (χ1n) is 12.1. The van der Waals surface area contributed by atoms with Crippen LogP contribution in [0.1, 0.15) is 0 Å². The third-order valence-corrected chi connectivity index (χ3v) is 13.7. The normalized spacial score (nSPS) is 11.5. The summed E-state index contributed by atoms with van der Waals surface area (Å²) in [5.74, 6) is 0. The molecule has 0 radical (unpaired) electrons. The van der Waals surface area contributed by atoms with Crippen molar-refractivity contribution in [2.24, 2.45) is 0 Å². The summed E-state index contributed by atoms with van der Waals surface area (Å²) in [7, 11) is 4.76. The molecule has 0 amide bonds. The van der Waals surface area contributed by atoms with Gasteiger partial charge in [-0.05, 0) is 15.6 Å². The Morgan fingerprint density at radius 1 is 0.583 bits per heavy atom. The van der Waals surface area contributed by atoms with Gasteiger partial charge in [-0.1, -0.05) is 130 Å². The van der Waals surface area contributed by atoms with Crippen molar-refractivity contribution in [2.45, 2.75) is 39.3 Å². The van der Waals surface area contributed by atoms with Crippen LogP contribution >= 0.6 is 18.6 Å². The van der Waals surface area contributed by atoms with Crippen LogP contribution in [-0.2, 0) is 17.0 Å². The minimum absolute atomic E-state index is 0.556. The first-order valence-corrected chi connectivity index (χ1v) is 25.3. The van der Waals surface area contributed by atoms with E-state index in [-0.39, 0.29) is 0 Å². The monoisotopic (exact) mass is 603 g/mol. The standard InChI is InChI=1S/C18H16OSi.C11H21Si2.2ClH.Ti/c19-20(16-10-4-1-5-11-16,17-12-6-2-7-13-17)18-14-8-3-9-15-18;1-12(2,3)10-7-8-11(9-10)13(4,5)6;;;/h1-15,19H;7-9H,1-6H3;2*1H;/q;-1;;;+2/p-2. The van der Waals surface area contributed by atoms with Crippen molar-refractivity contribution in [3.63, 3.8) is 0 Å². The summed E-state index contributed by atoms with van der Waals surface area (Å²) < 4.78 is 0. The molecule has 190 valence electrons. The van der Waals surface area contributed by atoms with Crippen LogP contribution in [0.4, 0.5) is 0 Å². The van der Waals surface area contributed by atoms with Crippen LogP contribution in [-0.4, -0.2) is 29.3 Å². The Bertz CT molecular complexity index is 1030. The second-order valence-corrected chi connectivity index (χ2v) is 26.7. The van der Waals surface area contributed by atoms with Crippen LogP contribution in [0, 0.1) is 0 Å². The zero-order valence-electron chi connectivity index (χ0n) is 22.1. The van der Waals surface area contributed by atoms with Gasteiger partial charge in [0.25, 0.3) is 8.32 Å². The van der Waals surface area contributed by atoms with Crippen LogP contribution in [0.3, 0.4) is 0 Å². The molecule has 4 aromatic carbocycles. The molecule has 4 aromatic rings. The van der Waals surface area contributed by atoms with E-state index in [0.29, 0.717) is 0 Å². The third kappa shape index (κ3) is 8.75. The summed E-state index contributed by atoms with van der Waals surface area (Å²) in [5, 5.41) is 6.27. The zero-order chi connectivity index (χ0) is 26.8. The Hall–Kier alpha value is -1.09. The molecule has 0 saturated carbocycles. The van der Waals surface area contributed by atoms with Crippen molar-refractivity contribution in [3.05, 3.63) is 109 Å². The van der Waals surface area contributed by atoms with Crippen molar-refractivity contribution in [2.75, 3.05) is 0 Å². The molecule has 0 aromatic heterocycles. The third-order valence-electron chi connectivity index (χ3n) is 6.06. The molecule has 36 heavy (non-hydrogen) atoms. The van der Waals surface area contributed by atoms with Gasteiger partial charge in [-0.2, -0.15) is 17.3 Å². The van der Waals surface area contributed by atoms with Gasteiger partial charge in [0.2, 0.25) is 0 Å². The quantitative estimate of drug-likeness (QED) is 0.181. The number of hydrogen-bond acceptors (Lipinski definition) is 1. The van der Waals surface area contributed by atoms with E-state index in [1.807, 2.05) is 91.0 Å². The molecule has 0 aliphatic carbocycles. The van der Waals surface area contributed by atoms with E-state index in [1.165, 1.54) is 0 Å². The van der Waals surface area contributed by atoms with E-state index in [4.69, 9.17) is 18.6 Å². The van der Waals surface area contributed by atoms with Gasteiger partial charge in [-0.3, -0.25) is 0 Å². The molecule has 0 spiro atoms. The molecule has 0 fully saturated rings. The summed E-state index contributed by atoms with van der Waals surface area (Å²) in [6.45, 7) is 14.5. The van der Waals surface area contributed by atoms with Gasteiger partial charge in [0.15, 0.2) is 0 Å². The topological polar surface area (TPSA) is 20.2 Å². The molecule has 0 saturated heterocycles. The molecule has 0 unspecified atom stereocenters. The summed E-state index contributed by atoms with van der Waals surface area (Å²) >= 11 is -0.556. The average molecular weight is 605 g/mol. The van der Waals surface area contributed by atoms with Crippen molar-refractivity contribution in [1.29, 1.82) is 0 Å². The van der Waals surface area contributed by atoms with E-state index in [1.54, 1.807) is 10.4 Å². The predicted octanol–water partition coefficient (Wildman–Crippen LogP) is 5.52. The number of rotatable bonds is 5. The summed E-state index contributed by atoms with van der Waals surface area (Å²) in [6.07, 6.45) is 0. The van der Waals surface area contributed by atoms with Crippen molar-refractivity contribution in [1.82, 2.24) is 0 Å². The maximum absolute atomic E-state index is 11.6. The van der Waals surface area contributed by atoms with Gasteiger partial charge in [0.05, 0.1) is 0 Å². The van der Waals surface area contributed by atoms with Crippen molar-refractivity contribution < 1.29 is 21.8 Å². The molecule has 1 nitrogen and oxygen atoms in total. The Kier molecular flexibility index (Phi) is 12.3. The van der Waals surface area contributed by atoms with Crippen LogP contribution in [0.25, 0.3) is 0 Å². The van der Waals surface area contributed by atoms with Crippen molar-refractivity contribution in [3.8, 4) is 0 Å². The molecule has 0 aliphatic heterocycles. The fourth-order valence-corrected chi connectivity index (χ4v) is 9.43. The molecule has 0 bridgehead atoms. The SMILES string of the molecule is C[Si](C)(C)c1cc[c-]([Si](C)(C)C)c1.O[Si](c1ccccc1)(c1ccccc1)c1ccccc1.[Cl][Ti][Cl]. The average Bonchev–Trinajstić information content (AvgIpc) is 3.38. The van der Waals surface area contributed by atoms with Crippen LogP contribution < -0.4 is 25.9 Å². The Balaban J connectivity index is 0.000000247. The molecule has 7 heteroatoms. The fraction of sp³-hybridized carbons (Fsp3) is 0.207. The molecule has 0 atom stereocenters. The van der Waals surface area contributed by atoms with E-state index >= 15 is 0 Å². The van der Waals surface area contributed by atoms with Gasteiger partial charge < -0.3 is 4.80 Å². The summed E-state index contributed by atoms with van der Waals surface area (Å²) in [4.78, 5) is 11.6. The number of benzene rings is 3. The van der Waals surface area contributed by atoms with E-state index in [0.717, 1.165) is 15.6 Å². The van der Waals surface area contributed by atoms with Gasteiger partial charge in [0.1, 0.15) is 0 Å². The molecule has 0 aliphatic rings. The maximum atomic E-state index is 11.6. The number of halogens is 2. The van der Waals surface area contributed by atoms with Crippen LogP contribution in [0.5, 0.6) is 0 Å². The number of hydrogen-bond donors (Lipinski definition) is 1. The van der Waals surface area contributed by atoms with Crippen molar-refractivity contribution >= 4 is 69.0 Å². The Morgan fingerprint density at radius 2 is 0.917 bits per heavy atom.